The first-order valence-electron chi connectivity index (χ1n) is 9.80. The summed E-state index contributed by atoms with van der Waals surface area (Å²) in [6.07, 6.45) is 3.85. The summed E-state index contributed by atoms with van der Waals surface area (Å²) in [5, 5.41) is 0.271. The molecule has 0 aliphatic heterocycles. The van der Waals surface area contributed by atoms with Crippen molar-refractivity contribution < 1.29 is 14.0 Å². The first kappa shape index (κ1) is 20.9. The number of halogens is 2. The predicted molar refractivity (Wildman–Crippen MR) is 114 cm³/mol. The van der Waals surface area contributed by atoms with E-state index in [4.69, 9.17) is 17.3 Å². The summed E-state index contributed by atoms with van der Waals surface area (Å²) in [6, 6.07) is 9.43. The lowest BCUT2D eigenvalue weighted by atomic mass is 10.0. The largest absolute Gasteiger partial charge is 0.366 e. The highest BCUT2D eigenvalue weighted by atomic mass is 35.5. The van der Waals surface area contributed by atoms with Gasteiger partial charge in [-0.3, -0.25) is 9.59 Å². The van der Waals surface area contributed by atoms with Crippen molar-refractivity contribution in [2.45, 2.75) is 32.4 Å². The number of fused-ring (bicyclic) bond motifs is 1. The Hall–Kier alpha value is -3.32. The van der Waals surface area contributed by atoms with Gasteiger partial charge in [0.15, 0.2) is 0 Å². The number of amides is 2. The molecule has 8 heteroatoms. The zero-order chi connectivity index (χ0) is 22.1. The van der Waals surface area contributed by atoms with Gasteiger partial charge >= 0.3 is 0 Å². The van der Waals surface area contributed by atoms with Crippen LogP contribution in [0, 0.1) is 12.7 Å². The Kier molecular flexibility index (Phi) is 5.69. The van der Waals surface area contributed by atoms with Gasteiger partial charge in [0.25, 0.3) is 5.91 Å². The number of hydrogen-bond acceptors (Lipinski definition) is 4. The summed E-state index contributed by atoms with van der Waals surface area (Å²) in [5.41, 5.74) is 8.57. The van der Waals surface area contributed by atoms with E-state index in [-0.39, 0.29) is 23.3 Å². The molecule has 0 spiro atoms. The van der Waals surface area contributed by atoms with E-state index in [1.165, 1.54) is 18.6 Å². The van der Waals surface area contributed by atoms with Crippen LogP contribution in [0.1, 0.15) is 55.6 Å². The summed E-state index contributed by atoms with van der Waals surface area (Å²) in [7, 11) is 0. The summed E-state index contributed by atoms with van der Waals surface area (Å²) in [6.45, 7) is 1.84. The zero-order valence-corrected chi connectivity index (χ0v) is 17.6. The minimum Gasteiger partial charge on any atom is -0.366 e. The number of nitrogens with zero attached hydrogens (tertiary/aromatic N) is 3. The van der Waals surface area contributed by atoms with Crippen molar-refractivity contribution >= 4 is 23.4 Å². The number of hydrogen-bond donors (Lipinski definition) is 1. The van der Waals surface area contributed by atoms with Crippen LogP contribution in [0.3, 0.4) is 0 Å². The Morgan fingerprint density at radius 2 is 2.03 bits per heavy atom. The van der Waals surface area contributed by atoms with Gasteiger partial charge in [-0.1, -0.05) is 29.8 Å². The van der Waals surface area contributed by atoms with Crippen LogP contribution in [0.15, 0.2) is 48.9 Å². The van der Waals surface area contributed by atoms with Gasteiger partial charge in [-0.05, 0) is 54.7 Å². The maximum atomic E-state index is 14.5. The van der Waals surface area contributed by atoms with Crippen LogP contribution in [-0.2, 0) is 13.0 Å². The number of aromatic nitrogens is 2. The van der Waals surface area contributed by atoms with Gasteiger partial charge in [-0.2, -0.15) is 0 Å². The van der Waals surface area contributed by atoms with E-state index in [1.54, 1.807) is 42.2 Å². The second-order valence-corrected chi connectivity index (χ2v) is 7.92. The molecule has 1 aliphatic carbocycles. The summed E-state index contributed by atoms with van der Waals surface area (Å²) >= 11 is 6.12. The molecule has 2 aromatic carbocycles. The van der Waals surface area contributed by atoms with Gasteiger partial charge in [0.05, 0.1) is 17.3 Å². The highest BCUT2D eigenvalue weighted by molar-refractivity contribution is 6.30. The molecule has 1 atom stereocenters. The molecule has 2 amide bonds. The van der Waals surface area contributed by atoms with Crippen LogP contribution < -0.4 is 5.73 Å². The van der Waals surface area contributed by atoms with Gasteiger partial charge in [0.1, 0.15) is 12.1 Å². The lowest BCUT2D eigenvalue weighted by Gasteiger charge is -2.31. The standard InChI is InChI=1S/C23H20ClFN4O2/c1-13-19(10-27-12-28-13)23(31)29(11-14-4-2-3-5-16(14)22(26)30)21-7-6-17-18(21)8-15(24)9-20(17)25/h2-5,8-10,12,21H,6-7,11H2,1H3,(H2,26,30)/t21-/m1/s1. The molecular formula is C23H20ClFN4O2. The Bertz CT molecular complexity index is 1180. The summed E-state index contributed by atoms with van der Waals surface area (Å²) in [5.74, 6) is -1.27. The second-order valence-electron chi connectivity index (χ2n) is 7.49. The van der Waals surface area contributed by atoms with Crippen molar-refractivity contribution in [3.05, 3.63) is 93.3 Å². The Morgan fingerprint density at radius 3 is 2.77 bits per heavy atom. The average molecular weight is 439 g/mol. The molecule has 4 rings (SSSR count). The third-order valence-electron chi connectivity index (χ3n) is 5.62. The molecule has 3 aromatic rings. The van der Waals surface area contributed by atoms with Crippen LogP contribution in [-0.4, -0.2) is 26.7 Å². The molecule has 0 saturated heterocycles. The van der Waals surface area contributed by atoms with Crippen LogP contribution in [0.4, 0.5) is 4.39 Å². The van der Waals surface area contributed by atoms with Crippen molar-refractivity contribution in [2.75, 3.05) is 0 Å². The van der Waals surface area contributed by atoms with E-state index in [0.717, 1.165) is 0 Å². The Morgan fingerprint density at radius 1 is 1.26 bits per heavy atom. The molecule has 6 nitrogen and oxygen atoms in total. The van der Waals surface area contributed by atoms with Gasteiger partial charge in [-0.15, -0.1) is 0 Å². The Balaban J connectivity index is 1.81. The van der Waals surface area contributed by atoms with Crippen LogP contribution in [0.2, 0.25) is 5.02 Å². The first-order chi connectivity index (χ1) is 14.9. The lowest BCUT2D eigenvalue weighted by molar-refractivity contribution is 0.0654. The van der Waals surface area contributed by atoms with E-state index in [1.807, 2.05) is 0 Å². The molecule has 0 unspecified atom stereocenters. The molecule has 0 saturated carbocycles. The highest BCUT2D eigenvalue weighted by Crippen LogP contribution is 2.40. The normalized spacial score (nSPS) is 14.9. The fourth-order valence-electron chi connectivity index (χ4n) is 4.11. The van der Waals surface area contributed by atoms with Crippen molar-refractivity contribution in [1.82, 2.24) is 14.9 Å². The van der Waals surface area contributed by atoms with Gasteiger partial charge in [0, 0.05) is 23.3 Å². The maximum Gasteiger partial charge on any atom is 0.258 e. The fraction of sp³-hybridized carbons (Fsp3) is 0.217. The number of carbonyl (C=O) groups is 2. The molecule has 0 bridgehead atoms. The smallest absolute Gasteiger partial charge is 0.258 e. The van der Waals surface area contributed by atoms with E-state index in [2.05, 4.69) is 9.97 Å². The van der Waals surface area contributed by atoms with Gasteiger partial charge < -0.3 is 10.6 Å². The maximum absolute atomic E-state index is 14.5. The number of aryl methyl sites for hydroxylation is 1. The van der Waals surface area contributed by atoms with Gasteiger partial charge in [0.2, 0.25) is 5.91 Å². The van der Waals surface area contributed by atoms with E-state index >= 15 is 0 Å². The van der Waals surface area contributed by atoms with E-state index < -0.39 is 11.9 Å². The average Bonchev–Trinajstić information content (AvgIpc) is 3.16. The highest BCUT2D eigenvalue weighted by Gasteiger charge is 2.34. The third kappa shape index (κ3) is 4.01. The minimum atomic E-state index is -0.580. The molecule has 0 fully saturated rings. The number of benzene rings is 2. The lowest BCUT2D eigenvalue weighted by Crippen LogP contribution is -2.35. The molecule has 1 aliphatic rings. The number of carbonyl (C=O) groups excluding carboxylic acids is 2. The van der Waals surface area contributed by atoms with Crippen LogP contribution >= 0.6 is 11.6 Å². The van der Waals surface area contributed by atoms with E-state index in [0.29, 0.717) is 46.4 Å². The number of primary amides is 1. The molecule has 1 heterocycles. The molecule has 0 radical (unpaired) electrons. The molecule has 158 valence electrons. The quantitative estimate of drug-likeness (QED) is 0.651. The number of nitrogens with two attached hydrogens (primary N) is 1. The topological polar surface area (TPSA) is 89.2 Å². The third-order valence-corrected chi connectivity index (χ3v) is 5.84. The monoisotopic (exact) mass is 438 g/mol. The van der Waals surface area contributed by atoms with E-state index in [9.17, 15) is 14.0 Å². The molecule has 2 N–H and O–H groups in total. The molecular weight excluding hydrogens is 419 g/mol. The van der Waals surface area contributed by atoms with Crippen LogP contribution in [0.5, 0.6) is 0 Å². The zero-order valence-electron chi connectivity index (χ0n) is 16.8. The molecule has 31 heavy (non-hydrogen) atoms. The van der Waals surface area contributed by atoms with Crippen molar-refractivity contribution in [2.24, 2.45) is 5.73 Å². The summed E-state index contributed by atoms with van der Waals surface area (Å²) < 4.78 is 14.5. The molecule has 1 aromatic heterocycles. The van der Waals surface area contributed by atoms with Crippen molar-refractivity contribution in [1.29, 1.82) is 0 Å². The van der Waals surface area contributed by atoms with Crippen molar-refractivity contribution in [3.63, 3.8) is 0 Å². The minimum absolute atomic E-state index is 0.116. The second kappa shape index (κ2) is 8.43. The first-order valence-corrected chi connectivity index (χ1v) is 10.2. The fourth-order valence-corrected chi connectivity index (χ4v) is 4.32. The predicted octanol–water partition coefficient (Wildman–Crippen LogP) is 4.01. The van der Waals surface area contributed by atoms with Gasteiger partial charge in [-0.25, -0.2) is 14.4 Å². The Labute approximate surface area is 183 Å². The summed E-state index contributed by atoms with van der Waals surface area (Å²) in [4.78, 5) is 35.3. The van der Waals surface area contributed by atoms with Crippen molar-refractivity contribution in [3.8, 4) is 0 Å². The SMILES string of the molecule is Cc1ncncc1C(=O)N(Cc1ccccc1C(N)=O)[C@@H]1CCc2c(F)cc(Cl)cc21. The van der Waals surface area contributed by atoms with Crippen LogP contribution in [0.25, 0.3) is 0 Å². The number of rotatable bonds is 5.